The minimum Gasteiger partial charge on any atom is -0.396 e. The van der Waals surface area contributed by atoms with E-state index in [-0.39, 0.29) is 6.61 Å². The molecule has 0 amide bonds. The van der Waals surface area contributed by atoms with Gasteiger partial charge in [-0.3, -0.25) is 0 Å². The maximum Gasteiger partial charge on any atom is 0.119 e. The Bertz CT molecular complexity index is 268. The largest absolute Gasteiger partial charge is 0.396 e. The number of nitrogens with zero attached hydrogens (tertiary/aromatic N) is 2. The molecule has 1 unspecified atom stereocenters. The molecule has 3 nitrogen and oxygen atoms in total. The van der Waals surface area contributed by atoms with Crippen molar-refractivity contribution >= 4 is 11.8 Å². The topological polar surface area (TPSA) is 46.0 Å². The van der Waals surface area contributed by atoms with Gasteiger partial charge in [0.25, 0.3) is 0 Å². The first-order chi connectivity index (χ1) is 6.22. The molecule has 4 heteroatoms. The highest BCUT2D eigenvalue weighted by atomic mass is 32.2. The summed E-state index contributed by atoms with van der Waals surface area (Å²) < 4.78 is 0. The molecular weight excluding hydrogens is 184 g/mol. The van der Waals surface area contributed by atoms with E-state index in [4.69, 9.17) is 5.11 Å². The van der Waals surface area contributed by atoms with Crippen molar-refractivity contribution in [3.05, 3.63) is 17.8 Å². The SMILES string of the molecule is Cc1cnnc(SCC(C)CO)c1. The normalized spacial score (nSPS) is 12.8. The molecule has 0 spiro atoms. The van der Waals surface area contributed by atoms with Crippen molar-refractivity contribution in [3.63, 3.8) is 0 Å². The van der Waals surface area contributed by atoms with Crippen LogP contribution >= 0.6 is 11.8 Å². The summed E-state index contributed by atoms with van der Waals surface area (Å²) >= 11 is 1.63. The van der Waals surface area contributed by atoms with Gasteiger partial charge in [-0.15, -0.1) is 16.9 Å². The van der Waals surface area contributed by atoms with E-state index >= 15 is 0 Å². The highest BCUT2D eigenvalue weighted by Gasteiger charge is 2.02. The number of aryl methyl sites for hydroxylation is 1. The summed E-state index contributed by atoms with van der Waals surface area (Å²) in [5.41, 5.74) is 1.12. The number of aliphatic hydroxyl groups is 1. The third-order valence-corrected chi connectivity index (χ3v) is 2.83. The maximum absolute atomic E-state index is 8.82. The Kier molecular flexibility index (Phi) is 4.18. The highest BCUT2D eigenvalue weighted by molar-refractivity contribution is 7.99. The summed E-state index contributed by atoms with van der Waals surface area (Å²) in [5, 5.41) is 17.6. The third kappa shape index (κ3) is 3.74. The van der Waals surface area contributed by atoms with Crippen molar-refractivity contribution in [3.8, 4) is 0 Å². The van der Waals surface area contributed by atoms with Crippen LogP contribution in [-0.2, 0) is 0 Å². The zero-order valence-electron chi connectivity index (χ0n) is 7.90. The summed E-state index contributed by atoms with van der Waals surface area (Å²) in [5.74, 6) is 1.20. The fraction of sp³-hybridized carbons (Fsp3) is 0.556. The van der Waals surface area contributed by atoms with Gasteiger partial charge in [0.2, 0.25) is 0 Å². The Labute approximate surface area is 82.6 Å². The van der Waals surface area contributed by atoms with Crippen molar-refractivity contribution in [1.82, 2.24) is 10.2 Å². The molecule has 0 radical (unpaired) electrons. The predicted molar refractivity (Wildman–Crippen MR) is 53.7 cm³/mol. The molecule has 0 saturated heterocycles. The van der Waals surface area contributed by atoms with Crippen LogP contribution in [0.5, 0.6) is 0 Å². The lowest BCUT2D eigenvalue weighted by Crippen LogP contribution is -2.03. The van der Waals surface area contributed by atoms with Crippen LogP contribution in [0.15, 0.2) is 17.3 Å². The first-order valence-corrected chi connectivity index (χ1v) is 5.24. The molecular formula is C9H14N2OS. The first kappa shape index (κ1) is 10.5. The maximum atomic E-state index is 8.82. The van der Waals surface area contributed by atoms with Gasteiger partial charge in [-0.2, -0.15) is 5.10 Å². The second-order valence-electron chi connectivity index (χ2n) is 3.17. The highest BCUT2D eigenvalue weighted by Crippen LogP contribution is 2.17. The lowest BCUT2D eigenvalue weighted by Gasteiger charge is -2.05. The van der Waals surface area contributed by atoms with Crippen molar-refractivity contribution in [2.75, 3.05) is 12.4 Å². The van der Waals surface area contributed by atoms with Gasteiger partial charge in [-0.05, 0) is 24.5 Å². The van der Waals surface area contributed by atoms with Crippen LogP contribution in [0.25, 0.3) is 0 Å². The molecule has 0 aliphatic heterocycles. The molecule has 1 N–H and O–H groups in total. The minimum absolute atomic E-state index is 0.228. The molecule has 1 rings (SSSR count). The van der Waals surface area contributed by atoms with Crippen molar-refractivity contribution in [1.29, 1.82) is 0 Å². The summed E-state index contributed by atoms with van der Waals surface area (Å²) in [6, 6.07) is 2.00. The fourth-order valence-corrected chi connectivity index (χ4v) is 1.72. The van der Waals surface area contributed by atoms with Gasteiger partial charge in [0.1, 0.15) is 5.03 Å². The molecule has 0 saturated carbocycles. The minimum atomic E-state index is 0.228. The van der Waals surface area contributed by atoms with E-state index in [0.29, 0.717) is 5.92 Å². The summed E-state index contributed by atoms with van der Waals surface area (Å²) in [7, 11) is 0. The van der Waals surface area contributed by atoms with E-state index in [1.807, 2.05) is 19.9 Å². The second-order valence-corrected chi connectivity index (χ2v) is 4.21. The van der Waals surface area contributed by atoms with Gasteiger partial charge in [-0.25, -0.2) is 0 Å². The van der Waals surface area contributed by atoms with Crippen molar-refractivity contribution in [2.24, 2.45) is 5.92 Å². The van der Waals surface area contributed by atoms with Gasteiger partial charge in [0.05, 0.1) is 6.20 Å². The molecule has 1 aromatic heterocycles. The van der Waals surface area contributed by atoms with E-state index in [9.17, 15) is 0 Å². The van der Waals surface area contributed by atoms with Gasteiger partial charge in [-0.1, -0.05) is 6.92 Å². The average molecular weight is 198 g/mol. The Morgan fingerprint density at radius 1 is 1.62 bits per heavy atom. The Morgan fingerprint density at radius 2 is 2.38 bits per heavy atom. The second kappa shape index (κ2) is 5.19. The number of aromatic nitrogens is 2. The zero-order valence-corrected chi connectivity index (χ0v) is 8.71. The summed E-state index contributed by atoms with van der Waals surface area (Å²) in [4.78, 5) is 0. The van der Waals surface area contributed by atoms with Gasteiger partial charge in [0, 0.05) is 12.4 Å². The molecule has 1 aromatic rings. The van der Waals surface area contributed by atoms with E-state index in [1.54, 1.807) is 18.0 Å². The molecule has 0 fully saturated rings. The molecule has 13 heavy (non-hydrogen) atoms. The number of aliphatic hydroxyl groups excluding tert-OH is 1. The van der Waals surface area contributed by atoms with Crippen LogP contribution in [0, 0.1) is 12.8 Å². The monoisotopic (exact) mass is 198 g/mol. The number of hydrogen-bond donors (Lipinski definition) is 1. The first-order valence-electron chi connectivity index (χ1n) is 4.25. The fourth-order valence-electron chi connectivity index (χ4n) is 0.789. The van der Waals surface area contributed by atoms with Crippen molar-refractivity contribution < 1.29 is 5.11 Å². The van der Waals surface area contributed by atoms with E-state index in [2.05, 4.69) is 10.2 Å². The quantitative estimate of drug-likeness (QED) is 0.745. The van der Waals surface area contributed by atoms with Crippen LogP contribution in [0.1, 0.15) is 12.5 Å². The average Bonchev–Trinajstić information content (AvgIpc) is 2.14. The standard InChI is InChI=1S/C9H14N2OS/c1-7-3-9(11-10-4-7)13-6-8(2)5-12/h3-4,8,12H,5-6H2,1-2H3. The predicted octanol–water partition coefficient (Wildman–Crippen LogP) is 1.51. The lowest BCUT2D eigenvalue weighted by molar-refractivity contribution is 0.250. The number of thioether (sulfide) groups is 1. The Balaban J connectivity index is 2.45. The third-order valence-electron chi connectivity index (χ3n) is 1.60. The van der Waals surface area contributed by atoms with Crippen LogP contribution < -0.4 is 0 Å². The zero-order chi connectivity index (χ0) is 9.68. The molecule has 1 heterocycles. The lowest BCUT2D eigenvalue weighted by atomic mass is 10.2. The van der Waals surface area contributed by atoms with Crippen LogP contribution in [0.4, 0.5) is 0 Å². The smallest absolute Gasteiger partial charge is 0.119 e. The molecule has 0 aromatic carbocycles. The summed E-state index contributed by atoms with van der Waals surface area (Å²) in [6.07, 6.45) is 1.74. The Hall–Kier alpha value is -0.610. The van der Waals surface area contributed by atoms with Crippen LogP contribution in [0.2, 0.25) is 0 Å². The van der Waals surface area contributed by atoms with E-state index in [1.165, 1.54) is 0 Å². The van der Waals surface area contributed by atoms with Gasteiger partial charge in [0.15, 0.2) is 0 Å². The molecule has 72 valence electrons. The van der Waals surface area contributed by atoms with Crippen LogP contribution in [0.3, 0.4) is 0 Å². The summed E-state index contributed by atoms with van der Waals surface area (Å²) in [6.45, 7) is 4.23. The van der Waals surface area contributed by atoms with Gasteiger partial charge < -0.3 is 5.11 Å². The van der Waals surface area contributed by atoms with Gasteiger partial charge >= 0.3 is 0 Å². The molecule has 0 bridgehead atoms. The molecule has 0 aliphatic rings. The number of hydrogen-bond acceptors (Lipinski definition) is 4. The molecule has 0 aliphatic carbocycles. The van der Waals surface area contributed by atoms with Crippen molar-refractivity contribution in [2.45, 2.75) is 18.9 Å². The number of rotatable bonds is 4. The van der Waals surface area contributed by atoms with E-state index in [0.717, 1.165) is 16.3 Å². The van der Waals surface area contributed by atoms with Crippen LogP contribution in [-0.4, -0.2) is 27.7 Å². The Morgan fingerprint density at radius 3 is 3.00 bits per heavy atom. The molecule has 1 atom stereocenters. The van der Waals surface area contributed by atoms with E-state index < -0.39 is 0 Å².